The van der Waals surface area contributed by atoms with Crippen molar-refractivity contribution in [3.63, 3.8) is 0 Å². The number of hydrogen-bond donors (Lipinski definition) is 0. The van der Waals surface area contributed by atoms with Crippen molar-refractivity contribution in [2.75, 3.05) is 6.54 Å². The van der Waals surface area contributed by atoms with Crippen LogP contribution in [0.15, 0.2) is 30.3 Å². The van der Waals surface area contributed by atoms with Crippen LogP contribution in [0.2, 0.25) is 0 Å². The van der Waals surface area contributed by atoms with E-state index in [1.165, 1.54) is 4.90 Å². The number of nitrogens with zero attached hydrogens (tertiary/aromatic N) is 3. The molecule has 0 saturated carbocycles. The van der Waals surface area contributed by atoms with Gasteiger partial charge in [0.25, 0.3) is 0 Å². The molecule has 2 aromatic carbocycles. The van der Waals surface area contributed by atoms with E-state index in [9.17, 15) is 57.5 Å². The summed E-state index contributed by atoms with van der Waals surface area (Å²) in [4.78, 5) is 15.6. The van der Waals surface area contributed by atoms with Crippen molar-refractivity contribution in [2.24, 2.45) is 0 Å². The third-order valence-corrected chi connectivity index (χ3v) is 6.59. The van der Waals surface area contributed by atoms with Crippen molar-refractivity contribution in [3.05, 3.63) is 76.0 Å². The minimum Gasteiger partial charge on any atom is -0.321 e. The van der Waals surface area contributed by atoms with E-state index in [4.69, 9.17) is 0 Å². The van der Waals surface area contributed by atoms with Crippen LogP contribution in [0.3, 0.4) is 0 Å². The molecule has 0 aliphatic carbocycles. The molecule has 42 heavy (non-hydrogen) atoms. The lowest BCUT2D eigenvalue weighted by atomic mass is 9.96. The Hall–Kier alpha value is -3.27. The van der Waals surface area contributed by atoms with Crippen molar-refractivity contribution in [2.45, 2.75) is 50.5 Å². The van der Waals surface area contributed by atoms with Gasteiger partial charge in [-0.25, -0.2) is 18.2 Å². The molecular weight excluding hydrogens is 622 g/mol. The maximum Gasteiger partial charge on any atom is 0.449 e. The fourth-order valence-electron chi connectivity index (χ4n) is 4.80. The maximum absolute atomic E-state index is 14.7. The van der Waals surface area contributed by atoms with Gasteiger partial charge in [-0.2, -0.15) is 39.5 Å². The first-order chi connectivity index (χ1) is 18.9. The molecule has 0 radical (unpaired) electrons. The molecule has 0 spiro atoms. The summed E-state index contributed by atoms with van der Waals surface area (Å²) < 4.78 is 165. The summed E-state index contributed by atoms with van der Waals surface area (Å²) in [5.74, 6) is -5.84. The fourth-order valence-corrected chi connectivity index (χ4v) is 4.80. The van der Waals surface area contributed by atoms with Crippen LogP contribution in [0.1, 0.15) is 47.1 Å². The molecule has 17 heteroatoms. The molecule has 3 aromatic rings. The number of hydrogen-bond acceptors (Lipinski definition) is 3. The molecule has 0 amide bonds. The third-order valence-electron chi connectivity index (χ3n) is 6.59. The van der Waals surface area contributed by atoms with Crippen molar-refractivity contribution >= 4 is 18.7 Å². The number of rotatable bonds is 6. The summed E-state index contributed by atoms with van der Waals surface area (Å²) in [5.41, 5.74) is -6.50. The normalized spacial score (nSPS) is 15.2. The van der Waals surface area contributed by atoms with Crippen LogP contribution in [0, 0.1) is 17.5 Å². The third kappa shape index (κ3) is 6.53. The number of carbonyl (C=O) groups excluding carboxylic acids is 1. The van der Waals surface area contributed by atoms with Crippen LogP contribution >= 0.6 is 12.4 Å². The molecule has 1 aliphatic rings. The first kappa shape index (κ1) is 33.2. The van der Waals surface area contributed by atoms with E-state index < -0.39 is 94.6 Å². The number of imidazole rings is 1. The summed E-state index contributed by atoms with van der Waals surface area (Å²) in [6, 6.07) is -0.0986. The molecule has 1 unspecified atom stereocenters. The van der Waals surface area contributed by atoms with Crippen LogP contribution < -0.4 is 0 Å². The second-order valence-corrected chi connectivity index (χ2v) is 9.15. The molecular formula is C25H18ClF12N3O. The van der Waals surface area contributed by atoms with Crippen molar-refractivity contribution in [1.29, 1.82) is 0 Å². The Morgan fingerprint density at radius 2 is 1.48 bits per heavy atom. The van der Waals surface area contributed by atoms with Crippen molar-refractivity contribution in [3.8, 4) is 11.3 Å². The topological polar surface area (TPSA) is 38.1 Å². The zero-order chi connectivity index (χ0) is 30.5. The average molecular weight is 640 g/mol. The molecule has 0 fully saturated rings. The van der Waals surface area contributed by atoms with Gasteiger partial charge in [0.15, 0.2) is 11.6 Å². The second kappa shape index (κ2) is 11.8. The first-order valence-electron chi connectivity index (χ1n) is 11.7. The Morgan fingerprint density at radius 3 is 2.05 bits per heavy atom. The highest BCUT2D eigenvalue weighted by Gasteiger charge is 2.44. The Bertz CT molecular complexity index is 1460. The number of fused-ring (bicyclic) bond motifs is 1. The molecule has 0 saturated heterocycles. The number of carbonyl (C=O) groups is 1. The molecule has 4 nitrogen and oxygen atoms in total. The molecule has 0 bridgehead atoms. The Labute approximate surface area is 235 Å². The lowest BCUT2D eigenvalue weighted by Crippen LogP contribution is -2.38. The van der Waals surface area contributed by atoms with Gasteiger partial charge in [-0.15, -0.1) is 12.4 Å². The van der Waals surface area contributed by atoms with Gasteiger partial charge < -0.3 is 9.36 Å². The highest BCUT2D eigenvalue weighted by Crippen LogP contribution is 2.44. The maximum atomic E-state index is 14.7. The Kier molecular flexibility index (Phi) is 9.32. The van der Waals surface area contributed by atoms with Gasteiger partial charge in [0.1, 0.15) is 12.1 Å². The number of aromatic nitrogens is 2. The first-order valence-corrected chi connectivity index (χ1v) is 11.7. The zero-order valence-corrected chi connectivity index (χ0v) is 21.6. The van der Waals surface area contributed by atoms with Gasteiger partial charge in [0, 0.05) is 49.3 Å². The van der Waals surface area contributed by atoms with E-state index >= 15 is 0 Å². The van der Waals surface area contributed by atoms with Crippen molar-refractivity contribution in [1.82, 2.24) is 14.5 Å². The van der Waals surface area contributed by atoms with Gasteiger partial charge >= 0.3 is 18.5 Å². The highest BCUT2D eigenvalue weighted by molar-refractivity contribution is 5.85. The molecule has 1 aromatic heterocycles. The number of aldehydes is 1. The monoisotopic (exact) mass is 639 g/mol. The van der Waals surface area contributed by atoms with Crippen LogP contribution in [-0.2, 0) is 36.4 Å². The van der Waals surface area contributed by atoms with Crippen LogP contribution in [-0.4, -0.2) is 27.3 Å². The summed E-state index contributed by atoms with van der Waals surface area (Å²) in [6.07, 6.45) is -15.9. The van der Waals surface area contributed by atoms with Crippen molar-refractivity contribution < 1.29 is 57.5 Å². The van der Waals surface area contributed by atoms with Crippen LogP contribution in [0.5, 0.6) is 0 Å². The molecule has 4 rings (SSSR count). The fraction of sp³-hybridized carbons (Fsp3) is 0.360. The predicted octanol–water partition coefficient (Wildman–Crippen LogP) is 7.98. The number of halogens is 13. The number of benzene rings is 2. The molecule has 2 heterocycles. The largest absolute Gasteiger partial charge is 0.449 e. The predicted molar refractivity (Wildman–Crippen MR) is 125 cm³/mol. The van der Waals surface area contributed by atoms with E-state index in [-0.39, 0.29) is 50.0 Å². The molecule has 1 aliphatic heterocycles. The summed E-state index contributed by atoms with van der Waals surface area (Å²) in [5, 5.41) is 0. The molecule has 230 valence electrons. The summed E-state index contributed by atoms with van der Waals surface area (Å²) in [7, 11) is 0. The Morgan fingerprint density at radius 1 is 0.833 bits per heavy atom. The number of alkyl halides is 9. The lowest BCUT2D eigenvalue weighted by Gasteiger charge is -2.36. The average Bonchev–Trinajstić information content (AvgIpc) is 3.25. The van der Waals surface area contributed by atoms with Gasteiger partial charge in [0.2, 0.25) is 5.82 Å². The van der Waals surface area contributed by atoms with E-state index in [1.54, 1.807) is 0 Å². The van der Waals surface area contributed by atoms with E-state index in [0.717, 1.165) is 0 Å². The van der Waals surface area contributed by atoms with E-state index in [2.05, 4.69) is 4.98 Å². The SMILES string of the molecule is Cl.O=CCCC(c1cc(F)c(F)cc1F)N1CCn2c(C(F)(F)F)nc(-c3ccc(C(F)(F)F)cc3C(F)(F)F)c2C1. The smallest absolute Gasteiger partial charge is 0.321 e. The highest BCUT2D eigenvalue weighted by atomic mass is 35.5. The minimum atomic E-state index is -5.43. The molecule has 0 N–H and O–H groups in total. The van der Waals surface area contributed by atoms with Crippen LogP contribution in [0.25, 0.3) is 11.3 Å². The van der Waals surface area contributed by atoms with E-state index in [1.807, 2.05) is 0 Å². The zero-order valence-electron chi connectivity index (χ0n) is 20.8. The second-order valence-electron chi connectivity index (χ2n) is 9.15. The Balaban J connectivity index is 0.00000484. The van der Waals surface area contributed by atoms with Gasteiger partial charge in [-0.1, -0.05) is 6.07 Å². The quantitative estimate of drug-likeness (QED) is 0.156. The van der Waals surface area contributed by atoms with Gasteiger partial charge in [-0.3, -0.25) is 4.90 Å². The van der Waals surface area contributed by atoms with Gasteiger partial charge in [-0.05, 0) is 24.6 Å². The minimum absolute atomic E-state index is 0. The van der Waals surface area contributed by atoms with Gasteiger partial charge in [0.05, 0.1) is 22.5 Å². The summed E-state index contributed by atoms with van der Waals surface area (Å²) in [6.45, 7) is -1.53. The summed E-state index contributed by atoms with van der Waals surface area (Å²) >= 11 is 0. The standard InChI is InChI=1S/C25H17F12N3O.ClH/c26-16-10-18(28)17(27)9-14(16)19(2-1-7-41)39-5-6-40-20(11-39)21(38-22(40)25(35,36)37)13-4-3-12(23(29,30)31)8-15(13)24(32,33)34;/h3-4,7-10,19H,1-2,5-6,11H2;1H. The van der Waals surface area contributed by atoms with E-state index in [0.29, 0.717) is 23.0 Å². The molecule has 1 atom stereocenters. The lowest BCUT2D eigenvalue weighted by molar-refractivity contribution is -0.148. The van der Waals surface area contributed by atoms with Crippen LogP contribution in [0.4, 0.5) is 52.7 Å².